The average molecular weight is 286 g/mol. The van der Waals surface area contributed by atoms with Crippen molar-refractivity contribution in [3.8, 4) is 11.5 Å². The van der Waals surface area contributed by atoms with Crippen molar-refractivity contribution < 1.29 is 14.6 Å². The lowest BCUT2D eigenvalue weighted by Gasteiger charge is -2.15. The first-order valence-electron chi connectivity index (χ1n) is 6.79. The topological polar surface area (TPSA) is 71.5 Å². The summed E-state index contributed by atoms with van der Waals surface area (Å²) in [5.74, 6) is 0.816. The number of hydrogen-bond acceptors (Lipinski definition) is 4. The number of aliphatic hydroxyl groups excluding tert-OH is 1. The van der Waals surface area contributed by atoms with Crippen molar-refractivity contribution in [1.82, 2.24) is 10.3 Å². The first-order valence-corrected chi connectivity index (χ1v) is 6.79. The third kappa shape index (κ3) is 4.29. The van der Waals surface area contributed by atoms with Crippen molar-refractivity contribution in [2.75, 3.05) is 6.61 Å². The van der Waals surface area contributed by atoms with Gasteiger partial charge in [-0.3, -0.25) is 9.78 Å². The van der Waals surface area contributed by atoms with Gasteiger partial charge in [0.2, 0.25) is 0 Å². The number of rotatable bonds is 6. The number of benzene rings is 1. The van der Waals surface area contributed by atoms with E-state index in [2.05, 4.69) is 10.3 Å². The molecule has 2 rings (SSSR count). The van der Waals surface area contributed by atoms with Gasteiger partial charge in [0.05, 0.1) is 11.8 Å². The van der Waals surface area contributed by atoms with E-state index in [0.29, 0.717) is 23.5 Å². The lowest BCUT2D eigenvalue weighted by molar-refractivity contribution is 0.0932. The lowest BCUT2D eigenvalue weighted by atomic mass is 10.1. The number of carbonyl (C=O) groups excluding carboxylic acids is 1. The summed E-state index contributed by atoms with van der Waals surface area (Å²) >= 11 is 0. The van der Waals surface area contributed by atoms with Gasteiger partial charge >= 0.3 is 0 Å². The lowest BCUT2D eigenvalue weighted by Crippen LogP contribution is -2.33. The highest BCUT2D eigenvalue weighted by Gasteiger charge is 2.14. The molecule has 0 fully saturated rings. The summed E-state index contributed by atoms with van der Waals surface area (Å²) in [6, 6.07) is 10.5. The van der Waals surface area contributed by atoms with Gasteiger partial charge in [-0.15, -0.1) is 0 Å². The number of aromatic nitrogens is 1. The van der Waals surface area contributed by atoms with Gasteiger partial charge in [-0.1, -0.05) is 12.1 Å². The molecule has 21 heavy (non-hydrogen) atoms. The van der Waals surface area contributed by atoms with Crippen LogP contribution in [-0.2, 0) is 0 Å². The Balaban J connectivity index is 2.15. The van der Waals surface area contributed by atoms with Crippen LogP contribution >= 0.6 is 0 Å². The van der Waals surface area contributed by atoms with E-state index in [1.54, 1.807) is 48.8 Å². The van der Waals surface area contributed by atoms with Gasteiger partial charge in [-0.05, 0) is 37.6 Å². The fourth-order valence-corrected chi connectivity index (χ4v) is 1.85. The second-order valence-corrected chi connectivity index (χ2v) is 4.67. The number of nitrogens with one attached hydrogen (secondary N) is 1. The van der Waals surface area contributed by atoms with Crippen LogP contribution in [0.5, 0.6) is 11.5 Å². The number of carbonyl (C=O) groups is 1. The van der Waals surface area contributed by atoms with Crippen LogP contribution in [0.25, 0.3) is 0 Å². The van der Waals surface area contributed by atoms with Gasteiger partial charge in [0, 0.05) is 18.8 Å². The molecule has 0 bridgehead atoms. The van der Waals surface area contributed by atoms with Crippen molar-refractivity contribution in [2.24, 2.45) is 0 Å². The van der Waals surface area contributed by atoms with E-state index in [9.17, 15) is 4.79 Å². The van der Waals surface area contributed by atoms with Crippen LogP contribution in [-0.4, -0.2) is 28.6 Å². The first-order chi connectivity index (χ1) is 10.2. The van der Waals surface area contributed by atoms with Crippen LogP contribution in [0.15, 0.2) is 48.8 Å². The van der Waals surface area contributed by atoms with Gasteiger partial charge in [0.25, 0.3) is 5.91 Å². The van der Waals surface area contributed by atoms with Crippen LogP contribution in [0.2, 0.25) is 0 Å². The molecule has 0 aliphatic rings. The Hall–Kier alpha value is -2.40. The van der Waals surface area contributed by atoms with E-state index < -0.39 is 0 Å². The molecule has 110 valence electrons. The number of pyridine rings is 1. The zero-order valence-electron chi connectivity index (χ0n) is 11.8. The van der Waals surface area contributed by atoms with Crippen LogP contribution in [0.3, 0.4) is 0 Å². The molecular weight excluding hydrogens is 268 g/mol. The van der Waals surface area contributed by atoms with Crippen molar-refractivity contribution in [2.45, 2.75) is 19.4 Å². The Morgan fingerprint density at radius 1 is 1.33 bits per heavy atom. The Labute approximate surface area is 123 Å². The van der Waals surface area contributed by atoms with Gasteiger partial charge in [-0.25, -0.2) is 0 Å². The zero-order valence-corrected chi connectivity index (χ0v) is 11.8. The van der Waals surface area contributed by atoms with E-state index in [4.69, 9.17) is 9.84 Å². The molecular formula is C16H18N2O3. The molecule has 0 spiro atoms. The Morgan fingerprint density at radius 2 is 2.14 bits per heavy atom. The first kappa shape index (κ1) is 15.0. The molecule has 1 aromatic heterocycles. The summed E-state index contributed by atoms with van der Waals surface area (Å²) in [6.45, 7) is 1.88. The molecule has 1 atom stereocenters. The molecule has 2 N–H and O–H groups in total. The third-order valence-electron chi connectivity index (χ3n) is 2.93. The highest BCUT2D eigenvalue weighted by Crippen LogP contribution is 2.24. The monoisotopic (exact) mass is 286 g/mol. The molecule has 0 aliphatic carbocycles. The normalized spacial score (nSPS) is 11.7. The van der Waals surface area contributed by atoms with Crippen molar-refractivity contribution >= 4 is 5.91 Å². The van der Waals surface area contributed by atoms with E-state index in [0.717, 1.165) is 0 Å². The van der Waals surface area contributed by atoms with Gasteiger partial charge in [0.1, 0.15) is 11.5 Å². The van der Waals surface area contributed by atoms with Crippen molar-refractivity contribution in [1.29, 1.82) is 0 Å². The van der Waals surface area contributed by atoms with Gasteiger partial charge in [-0.2, -0.15) is 0 Å². The minimum absolute atomic E-state index is 0.0370. The van der Waals surface area contributed by atoms with Crippen molar-refractivity contribution in [3.05, 3.63) is 54.4 Å². The number of hydrogen-bond donors (Lipinski definition) is 2. The molecule has 1 amide bonds. The van der Waals surface area contributed by atoms with Crippen molar-refractivity contribution in [3.63, 3.8) is 0 Å². The minimum Gasteiger partial charge on any atom is -0.455 e. The SMILES string of the molecule is C[C@H](CCO)NC(=O)c1ccccc1Oc1cccnc1. The van der Waals surface area contributed by atoms with E-state index >= 15 is 0 Å². The van der Waals surface area contributed by atoms with Crippen LogP contribution in [0.4, 0.5) is 0 Å². The largest absolute Gasteiger partial charge is 0.455 e. The predicted molar refractivity (Wildman–Crippen MR) is 79.4 cm³/mol. The number of ether oxygens (including phenoxy) is 1. The highest BCUT2D eigenvalue weighted by atomic mass is 16.5. The summed E-state index contributed by atoms with van der Waals surface area (Å²) in [4.78, 5) is 16.2. The Bertz CT molecular complexity index is 587. The second-order valence-electron chi connectivity index (χ2n) is 4.67. The maximum absolute atomic E-state index is 12.3. The molecule has 1 aromatic carbocycles. The maximum atomic E-state index is 12.3. The second kappa shape index (κ2) is 7.40. The maximum Gasteiger partial charge on any atom is 0.255 e. The summed E-state index contributed by atoms with van der Waals surface area (Å²) in [6.07, 6.45) is 3.75. The molecule has 1 heterocycles. The third-order valence-corrected chi connectivity index (χ3v) is 2.93. The fraction of sp³-hybridized carbons (Fsp3) is 0.250. The van der Waals surface area contributed by atoms with Crippen LogP contribution in [0, 0.1) is 0 Å². The molecule has 0 radical (unpaired) electrons. The molecule has 0 saturated carbocycles. The standard InChI is InChI=1S/C16H18N2O3/c1-12(8-10-19)18-16(20)14-6-2-3-7-15(14)21-13-5-4-9-17-11-13/h2-7,9,11-12,19H,8,10H2,1H3,(H,18,20)/t12-/m1/s1. The quantitative estimate of drug-likeness (QED) is 0.855. The number of amides is 1. The van der Waals surface area contributed by atoms with E-state index in [1.807, 2.05) is 6.92 Å². The van der Waals surface area contributed by atoms with Crippen LogP contribution in [0.1, 0.15) is 23.7 Å². The van der Waals surface area contributed by atoms with E-state index in [1.165, 1.54) is 0 Å². The molecule has 0 aliphatic heterocycles. The number of nitrogens with zero attached hydrogens (tertiary/aromatic N) is 1. The molecule has 0 unspecified atom stereocenters. The molecule has 5 heteroatoms. The average Bonchev–Trinajstić information content (AvgIpc) is 2.49. The van der Waals surface area contributed by atoms with Crippen LogP contribution < -0.4 is 10.1 Å². The number of aliphatic hydroxyl groups is 1. The van der Waals surface area contributed by atoms with Gasteiger partial charge in [0.15, 0.2) is 0 Å². The highest BCUT2D eigenvalue weighted by molar-refractivity contribution is 5.97. The zero-order chi connectivity index (χ0) is 15.1. The minimum atomic E-state index is -0.226. The molecule has 5 nitrogen and oxygen atoms in total. The Kier molecular flexibility index (Phi) is 5.29. The summed E-state index contributed by atoms with van der Waals surface area (Å²) in [5, 5.41) is 11.7. The summed E-state index contributed by atoms with van der Waals surface area (Å²) < 4.78 is 5.70. The summed E-state index contributed by atoms with van der Waals surface area (Å²) in [5.41, 5.74) is 0.450. The number of para-hydroxylation sites is 1. The predicted octanol–water partition coefficient (Wildman–Crippen LogP) is 2.37. The van der Waals surface area contributed by atoms with E-state index in [-0.39, 0.29) is 18.6 Å². The summed E-state index contributed by atoms with van der Waals surface area (Å²) in [7, 11) is 0. The smallest absolute Gasteiger partial charge is 0.255 e. The van der Waals surface area contributed by atoms with Gasteiger partial charge < -0.3 is 15.2 Å². The molecule has 0 saturated heterocycles. The fourth-order valence-electron chi connectivity index (χ4n) is 1.85. The molecule has 2 aromatic rings. The Morgan fingerprint density at radius 3 is 2.86 bits per heavy atom.